The number of cyclic esters (lactones) is 2. The Morgan fingerprint density at radius 1 is 0.394 bits per heavy atom. The molecule has 2 heterocycles. The molecule has 2 aliphatic rings. The van der Waals surface area contributed by atoms with Gasteiger partial charge in [-0.2, -0.15) is 0 Å². The van der Waals surface area contributed by atoms with E-state index in [9.17, 15) is 57.5 Å². The van der Waals surface area contributed by atoms with Crippen molar-refractivity contribution in [3.63, 3.8) is 0 Å². The van der Waals surface area contributed by atoms with Crippen molar-refractivity contribution in [1.29, 1.82) is 0 Å². The summed E-state index contributed by atoms with van der Waals surface area (Å²) in [6, 6.07) is 10.0. The molecule has 24 nitrogen and oxygen atoms in total. The van der Waals surface area contributed by atoms with Crippen LogP contribution in [0.25, 0.3) is 0 Å². The number of ether oxygens (including phenoxy) is 2. The van der Waals surface area contributed by atoms with E-state index in [2.05, 4.69) is 60.1 Å². The Morgan fingerprint density at radius 2 is 0.745 bits per heavy atom. The molecular formula is C70H110N10O14. The van der Waals surface area contributed by atoms with Crippen LogP contribution >= 0.6 is 0 Å². The van der Waals surface area contributed by atoms with Gasteiger partial charge >= 0.3 is 11.9 Å². The number of benzene rings is 2. The smallest absolute Gasteiger partial charge is 0.329 e. The first kappa shape index (κ1) is 80.3. The number of carbonyl (C=O) groups excluding carboxylic acids is 12. The number of hydrogen-bond donors (Lipinski definition) is 10. The topological polar surface area (TPSA) is 344 Å². The molecular weight excluding hydrogens is 1200 g/mol. The first-order valence-corrected chi connectivity index (χ1v) is 33.9. The summed E-state index contributed by atoms with van der Waals surface area (Å²) in [5, 5.41) is 26.8. The van der Waals surface area contributed by atoms with Crippen molar-refractivity contribution in [2.75, 3.05) is 13.1 Å². The van der Waals surface area contributed by atoms with E-state index in [1.54, 1.807) is 27.7 Å². The van der Waals surface area contributed by atoms with Crippen molar-refractivity contribution in [3.8, 4) is 0 Å². The number of carbonyl (C=O) groups is 12. The predicted octanol–water partition coefficient (Wildman–Crippen LogP) is 5.08. The zero-order valence-corrected chi connectivity index (χ0v) is 58.0. The Hall–Kier alpha value is -7.92. The van der Waals surface area contributed by atoms with Crippen LogP contribution in [0.2, 0.25) is 0 Å². The van der Waals surface area contributed by atoms with E-state index in [1.807, 2.05) is 109 Å². The summed E-state index contributed by atoms with van der Waals surface area (Å²) in [5.41, 5.74) is 1.56. The molecule has 94 heavy (non-hydrogen) atoms. The van der Waals surface area contributed by atoms with Gasteiger partial charge in [-0.25, -0.2) is 9.59 Å². The first-order valence-electron chi connectivity index (χ1n) is 33.9. The molecule has 2 aliphatic heterocycles. The number of esters is 2. The monoisotopic (exact) mass is 1310 g/mol. The van der Waals surface area contributed by atoms with E-state index in [-0.39, 0.29) is 87.1 Å². The summed E-state index contributed by atoms with van der Waals surface area (Å²) in [6.07, 6.45) is 6.02. The molecule has 4 rings (SSSR count). The molecule has 12 atom stereocenters. The number of amides is 10. The van der Waals surface area contributed by atoms with Crippen LogP contribution in [0.4, 0.5) is 0 Å². The van der Waals surface area contributed by atoms with E-state index in [4.69, 9.17) is 9.47 Å². The Bertz CT molecular complexity index is 2780. The molecule has 524 valence electrons. The van der Waals surface area contributed by atoms with Gasteiger partial charge in [0.05, 0.1) is 25.9 Å². The van der Waals surface area contributed by atoms with Crippen LogP contribution in [-0.2, 0) is 79.8 Å². The van der Waals surface area contributed by atoms with Crippen LogP contribution in [-0.4, -0.2) is 145 Å². The summed E-state index contributed by atoms with van der Waals surface area (Å²) in [6.45, 7) is 24.8. The summed E-state index contributed by atoms with van der Waals surface area (Å²) < 4.78 is 11.9. The van der Waals surface area contributed by atoms with E-state index in [1.165, 1.54) is 13.8 Å². The molecule has 2 aromatic rings. The predicted molar refractivity (Wildman–Crippen MR) is 357 cm³/mol. The summed E-state index contributed by atoms with van der Waals surface area (Å²) in [7, 11) is 0. The number of unbranched alkanes of at least 4 members (excludes halogenated alkanes) is 4. The molecule has 0 saturated carbocycles. The number of hydrogen-bond acceptors (Lipinski definition) is 14. The Balaban J connectivity index is 0.000000491. The van der Waals surface area contributed by atoms with Gasteiger partial charge in [-0.05, 0) is 86.2 Å². The van der Waals surface area contributed by atoms with Crippen molar-refractivity contribution in [3.05, 3.63) is 71.8 Å². The summed E-state index contributed by atoms with van der Waals surface area (Å²) in [4.78, 5) is 160. The minimum absolute atomic E-state index is 0.0149. The lowest BCUT2D eigenvalue weighted by atomic mass is 9.94. The molecule has 24 heteroatoms. The van der Waals surface area contributed by atoms with E-state index < -0.39 is 132 Å². The summed E-state index contributed by atoms with van der Waals surface area (Å²) >= 11 is 0. The molecule has 4 unspecified atom stereocenters. The van der Waals surface area contributed by atoms with Crippen LogP contribution in [0, 0.1) is 35.5 Å². The average molecular weight is 1320 g/mol. The van der Waals surface area contributed by atoms with Gasteiger partial charge in [0.1, 0.15) is 60.5 Å². The molecule has 10 amide bonds. The Morgan fingerprint density at radius 3 is 1.09 bits per heavy atom. The highest BCUT2D eigenvalue weighted by Gasteiger charge is 2.37. The van der Waals surface area contributed by atoms with E-state index in [0.29, 0.717) is 12.8 Å². The largest absolute Gasteiger partial charge is 0.460 e. The van der Waals surface area contributed by atoms with Crippen molar-refractivity contribution < 1.29 is 67.0 Å². The molecule has 10 N–H and O–H groups in total. The SMILES string of the molecule is CCCCC(C)C1CC(=O)NCC(=O)N[C@@H](C(C)C)C(=O)N[C@H](CC(C)C)C(=O)N[C@@H](C)C(=O)N[C@@H](Cc2ccccc2)C(=O)O1.CCCCCCC(C)C1CC(=O)NCC(=O)N[C@@H](C(C)C)C(=O)N[C@H](CC(C)C)C(=O)N[C@@H](C)C(=O)N[C@@H](Cc2ccccc2)C(=O)O1. The average Bonchev–Trinajstić information content (AvgIpc) is 1.13. The molecule has 0 aromatic heterocycles. The summed E-state index contributed by atoms with van der Waals surface area (Å²) in [5.74, 6) is -8.03. The van der Waals surface area contributed by atoms with Gasteiger partial charge in [0.15, 0.2) is 0 Å². The molecule has 2 saturated heterocycles. The molecule has 2 fully saturated rings. The van der Waals surface area contributed by atoms with E-state index >= 15 is 0 Å². The van der Waals surface area contributed by atoms with Gasteiger partial charge < -0.3 is 62.6 Å². The highest BCUT2D eigenvalue weighted by molar-refractivity contribution is 5.97. The quantitative estimate of drug-likeness (QED) is 0.0611. The highest BCUT2D eigenvalue weighted by atomic mass is 16.6. The number of nitrogens with one attached hydrogen (secondary N) is 10. The van der Waals surface area contributed by atoms with Crippen LogP contribution < -0.4 is 53.2 Å². The minimum Gasteiger partial charge on any atom is -0.460 e. The molecule has 0 aliphatic carbocycles. The Kier molecular flexibility index (Phi) is 35.6. The zero-order chi connectivity index (χ0) is 70.2. The lowest BCUT2D eigenvalue weighted by Crippen LogP contribution is -2.58. The van der Waals surface area contributed by atoms with Crippen molar-refractivity contribution in [2.45, 2.75) is 247 Å². The van der Waals surface area contributed by atoms with Crippen LogP contribution in [0.5, 0.6) is 0 Å². The second-order valence-corrected chi connectivity index (χ2v) is 26.8. The first-order chi connectivity index (χ1) is 44.4. The fourth-order valence-electron chi connectivity index (χ4n) is 10.7. The van der Waals surface area contributed by atoms with Crippen LogP contribution in [0.3, 0.4) is 0 Å². The maximum atomic E-state index is 13.8. The molecule has 0 spiro atoms. The van der Waals surface area contributed by atoms with Crippen molar-refractivity contribution in [2.24, 2.45) is 35.5 Å². The second kappa shape index (κ2) is 41.7. The van der Waals surface area contributed by atoms with Gasteiger partial charge in [-0.3, -0.25) is 47.9 Å². The lowest BCUT2D eigenvalue weighted by molar-refractivity contribution is -0.158. The van der Waals surface area contributed by atoms with Crippen molar-refractivity contribution >= 4 is 71.0 Å². The number of rotatable bonds is 20. The zero-order valence-electron chi connectivity index (χ0n) is 58.0. The molecule has 0 bridgehead atoms. The third-order valence-electron chi connectivity index (χ3n) is 16.5. The van der Waals surface area contributed by atoms with Gasteiger partial charge in [-0.1, -0.05) is 182 Å². The maximum absolute atomic E-state index is 13.8. The minimum atomic E-state index is -1.11. The van der Waals surface area contributed by atoms with Crippen LogP contribution in [0.1, 0.15) is 185 Å². The third-order valence-corrected chi connectivity index (χ3v) is 16.5. The highest BCUT2D eigenvalue weighted by Crippen LogP contribution is 2.23. The van der Waals surface area contributed by atoms with Gasteiger partial charge in [0, 0.05) is 12.8 Å². The third kappa shape index (κ3) is 29.6. The maximum Gasteiger partial charge on any atom is 0.329 e. The lowest BCUT2D eigenvalue weighted by Gasteiger charge is -2.28. The van der Waals surface area contributed by atoms with Gasteiger partial charge in [0.25, 0.3) is 0 Å². The van der Waals surface area contributed by atoms with E-state index in [0.717, 1.165) is 49.7 Å². The normalized spacial score (nSPS) is 24.9. The fraction of sp³-hybridized carbons (Fsp3) is 0.657. The standard InChI is InChI=1S/C36H57N5O7.C34H53N5O7/c1-8-9-10-12-15-24(6)29-20-30(42)37-21-31(43)41-32(23(4)5)35(46)39-27(18-22(2)3)34(45)38-25(7)33(44)40-28(36(47)48-29)19-26-16-13-11-14-17-26;1-8-9-13-22(6)27-18-28(40)35-19-29(41)39-30(21(4)5)33(44)37-25(16-20(2)3)32(43)36-23(7)31(42)38-26(34(45)46-27)17-24-14-11-10-12-15-24/h11,13-14,16-17,22-25,27-29,32H,8-10,12,15,18-21H2,1-7H3,(H,37,42)(H,38,45)(H,39,46)(H,40,44)(H,41,43);10-12,14-15,20-23,25-27,30H,8-9,13,16-19H2,1-7H3,(H,35,40)(H,36,43)(H,37,44)(H,38,42)(H,39,41)/t24?,25-,27+,28-,29?,32-;22?,23-,25+,26-,27?,30-/m00/s1. The fourth-order valence-corrected chi connectivity index (χ4v) is 10.7. The van der Waals surface area contributed by atoms with Crippen LogP contribution in [0.15, 0.2) is 60.7 Å². The van der Waals surface area contributed by atoms with Gasteiger partial charge in [0.2, 0.25) is 59.1 Å². The second-order valence-electron chi connectivity index (χ2n) is 26.8. The van der Waals surface area contributed by atoms with Crippen molar-refractivity contribution in [1.82, 2.24) is 53.2 Å². The molecule has 0 radical (unpaired) electrons. The van der Waals surface area contributed by atoms with Gasteiger partial charge in [-0.15, -0.1) is 0 Å². The molecule has 2 aromatic carbocycles. The Labute approximate surface area is 556 Å².